The SMILES string of the molecule is CC(CN1CCN(C)CC1)Oc1nc(N2CC3CCC(C2)N3)c2cc(Cl)c(-c3ccc(F)c4sc(N)nc34)c(F)c2n1. The summed E-state index contributed by atoms with van der Waals surface area (Å²) in [6, 6.07) is 5.29. The monoisotopic (exact) mass is 614 g/mol. The van der Waals surface area contributed by atoms with Gasteiger partial charge in [0.1, 0.15) is 23.3 Å². The topological polar surface area (TPSA) is 95.7 Å². The molecule has 4 aromatic rings. The Hall–Kier alpha value is -2.90. The summed E-state index contributed by atoms with van der Waals surface area (Å²) in [5, 5.41) is 4.51. The Morgan fingerprint density at radius 2 is 1.83 bits per heavy atom. The van der Waals surface area contributed by atoms with Gasteiger partial charge in [0, 0.05) is 74.4 Å². The van der Waals surface area contributed by atoms with Crippen molar-refractivity contribution in [1.82, 2.24) is 30.1 Å². The lowest BCUT2D eigenvalue weighted by Crippen LogP contribution is -2.51. The normalized spacial score (nSPS) is 22.4. The number of nitrogen functional groups attached to an aromatic ring is 1. The van der Waals surface area contributed by atoms with E-state index < -0.39 is 11.6 Å². The highest BCUT2D eigenvalue weighted by atomic mass is 35.5. The maximum absolute atomic E-state index is 16.7. The molecule has 2 aromatic heterocycles. The van der Waals surface area contributed by atoms with Crippen molar-refractivity contribution in [2.24, 2.45) is 0 Å². The molecule has 3 aliphatic rings. The molecule has 0 amide bonds. The Morgan fingerprint density at radius 3 is 2.57 bits per heavy atom. The van der Waals surface area contributed by atoms with Gasteiger partial charge in [-0.15, -0.1) is 0 Å². The van der Waals surface area contributed by atoms with E-state index in [2.05, 4.69) is 37.0 Å². The Labute approximate surface area is 251 Å². The molecular weight excluding hydrogens is 582 g/mol. The van der Waals surface area contributed by atoms with Crippen LogP contribution in [0.25, 0.3) is 32.2 Å². The van der Waals surface area contributed by atoms with Gasteiger partial charge in [-0.25, -0.2) is 13.8 Å². The van der Waals surface area contributed by atoms with E-state index in [1.54, 1.807) is 6.07 Å². The van der Waals surface area contributed by atoms with Gasteiger partial charge in [-0.05, 0) is 45.0 Å². The molecule has 5 heterocycles. The standard InChI is InChI=1S/C29H33ClF2N8OS/c1-15(12-39-9-7-38(2)8-10-39)41-29-36-24-19(27(37-29)40-13-16-3-4-17(14-40)34-16)11-20(30)22(23(24)32)18-5-6-21(31)26-25(18)35-28(33)42-26/h5-6,11,15-17,34H,3-4,7-10,12-14H2,1-2H3,(H2,33,35). The van der Waals surface area contributed by atoms with Crippen molar-refractivity contribution in [2.45, 2.75) is 38.0 Å². The van der Waals surface area contributed by atoms with Crippen LogP contribution in [0.15, 0.2) is 18.2 Å². The molecule has 7 rings (SSSR count). The molecule has 3 aliphatic heterocycles. The Morgan fingerprint density at radius 1 is 1.10 bits per heavy atom. The summed E-state index contributed by atoms with van der Waals surface area (Å²) in [5.74, 6) is -0.492. The lowest BCUT2D eigenvalue weighted by Gasteiger charge is -2.35. The van der Waals surface area contributed by atoms with Crippen LogP contribution < -0.4 is 20.7 Å². The van der Waals surface area contributed by atoms with E-state index >= 15 is 4.39 Å². The number of piperazine rings is 2. The number of thiazole rings is 1. The first-order chi connectivity index (χ1) is 20.2. The first-order valence-corrected chi connectivity index (χ1v) is 15.6. The van der Waals surface area contributed by atoms with Crippen molar-refractivity contribution >= 4 is 55.0 Å². The number of benzene rings is 2. The molecule has 2 bridgehead atoms. The number of ether oxygens (including phenoxy) is 1. The average molecular weight is 615 g/mol. The first kappa shape index (κ1) is 27.9. The Kier molecular flexibility index (Phi) is 7.30. The molecule has 3 atom stereocenters. The van der Waals surface area contributed by atoms with E-state index in [-0.39, 0.29) is 43.6 Å². The third kappa shape index (κ3) is 5.13. The zero-order valence-corrected chi connectivity index (χ0v) is 25.1. The highest BCUT2D eigenvalue weighted by Crippen LogP contribution is 2.43. The molecule has 0 aliphatic carbocycles. The molecule has 3 fully saturated rings. The zero-order chi connectivity index (χ0) is 29.1. The van der Waals surface area contributed by atoms with Crippen molar-refractivity contribution in [3.05, 3.63) is 34.9 Å². The number of nitrogens with zero attached hydrogens (tertiary/aromatic N) is 6. The van der Waals surface area contributed by atoms with Crippen molar-refractivity contribution in [1.29, 1.82) is 0 Å². The van der Waals surface area contributed by atoms with Crippen molar-refractivity contribution in [2.75, 3.05) is 63.5 Å². The molecular formula is C29H33ClF2N8OS. The van der Waals surface area contributed by atoms with E-state index in [4.69, 9.17) is 27.1 Å². The van der Waals surface area contributed by atoms with Gasteiger partial charge in [0.2, 0.25) is 0 Å². The largest absolute Gasteiger partial charge is 0.459 e. The van der Waals surface area contributed by atoms with Gasteiger partial charge < -0.3 is 25.6 Å². The summed E-state index contributed by atoms with van der Waals surface area (Å²) in [7, 11) is 2.12. The van der Waals surface area contributed by atoms with Crippen LogP contribution in [-0.4, -0.2) is 95.8 Å². The number of aromatic nitrogens is 3. The maximum atomic E-state index is 16.7. The van der Waals surface area contributed by atoms with E-state index in [1.807, 2.05) is 6.92 Å². The molecule has 42 heavy (non-hydrogen) atoms. The van der Waals surface area contributed by atoms with Crippen LogP contribution in [0, 0.1) is 11.6 Å². The van der Waals surface area contributed by atoms with Gasteiger partial charge in [-0.1, -0.05) is 22.9 Å². The van der Waals surface area contributed by atoms with E-state index in [0.717, 1.165) is 70.0 Å². The van der Waals surface area contributed by atoms with Gasteiger partial charge in [-0.3, -0.25) is 4.90 Å². The van der Waals surface area contributed by atoms with Gasteiger partial charge in [0.25, 0.3) is 0 Å². The maximum Gasteiger partial charge on any atom is 0.319 e. The first-order valence-electron chi connectivity index (χ1n) is 14.4. The highest BCUT2D eigenvalue weighted by Gasteiger charge is 2.34. The molecule has 13 heteroatoms. The third-order valence-corrected chi connectivity index (χ3v) is 9.75. The summed E-state index contributed by atoms with van der Waals surface area (Å²) in [6.45, 7) is 8.13. The molecule has 0 radical (unpaired) electrons. The van der Waals surface area contributed by atoms with Crippen molar-refractivity contribution in [3.8, 4) is 17.1 Å². The van der Waals surface area contributed by atoms with Crippen LogP contribution in [-0.2, 0) is 0 Å². The average Bonchev–Trinajstić information content (AvgIpc) is 3.52. The molecule has 3 N–H and O–H groups in total. The van der Waals surface area contributed by atoms with E-state index in [9.17, 15) is 4.39 Å². The number of nitrogens with two attached hydrogens (primary N) is 1. The van der Waals surface area contributed by atoms with Gasteiger partial charge in [0.15, 0.2) is 10.9 Å². The molecule has 9 nitrogen and oxygen atoms in total. The van der Waals surface area contributed by atoms with Crippen LogP contribution in [0.2, 0.25) is 5.02 Å². The lowest BCUT2D eigenvalue weighted by molar-refractivity contribution is 0.0967. The lowest BCUT2D eigenvalue weighted by atomic mass is 10.0. The fourth-order valence-corrected chi connectivity index (χ4v) is 7.53. The molecule has 3 unspecified atom stereocenters. The third-order valence-electron chi connectivity index (χ3n) is 8.56. The summed E-state index contributed by atoms with van der Waals surface area (Å²) in [5.41, 5.74) is 6.73. The molecule has 222 valence electrons. The molecule has 3 saturated heterocycles. The fourth-order valence-electron chi connectivity index (χ4n) is 6.48. The minimum Gasteiger partial charge on any atom is -0.459 e. The highest BCUT2D eigenvalue weighted by molar-refractivity contribution is 7.22. The Balaban J connectivity index is 1.32. The van der Waals surface area contributed by atoms with Crippen molar-refractivity contribution < 1.29 is 13.5 Å². The van der Waals surface area contributed by atoms with Crippen LogP contribution in [0.5, 0.6) is 6.01 Å². The minimum absolute atomic E-state index is 0.0981. The number of halogens is 3. The second-order valence-corrected chi connectivity index (χ2v) is 13.1. The molecule has 2 aromatic carbocycles. The summed E-state index contributed by atoms with van der Waals surface area (Å²) < 4.78 is 37.8. The van der Waals surface area contributed by atoms with Crippen LogP contribution in [0.4, 0.5) is 19.7 Å². The van der Waals surface area contributed by atoms with Crippen LogP contribution >= 0.6 is 22.9 Å². The van der Waals surface area contributed by atoms with E-state index in [1.165, 1.54) is 12.1 Å². The number of fused-ring (bicyclic) bond motifs is 4. The van der Waals surface area contributed by atoms with Gasteiger partial charge in [0.05, 0.1) is 15.2 Å². The minimum atomic E-state index is -0.629. The fraction of sp³-hybridized carbons (Fsp3) is 0.483. The number of hydrogen-bond acceptors (Lipinski definition) is 10. The van der Waals surface area contributed by atoms with Gasteiger partial charge >= 0.3 is 6.01 Å². The second-order valence-electron chi connectivity index (χ2n) is 11.7. The Bertz CT molecular complexity index is 1650. The number of rotatable bonds is 6. The number of likely N-dealkylation sites (N-methyl/N-ethyl adjacent to an activating group) is 1. The number of hydrogen-bond donors (Lipinski definition) is 2. The predicted molar refractivity (Wildman–Crippen MR) is 164 cm³/mol. The predicted octanol–water partition coefficient (Wildman–Crippen LogP) is 4.38. The van der Waals surface area contributed by atoms with E-state index in [0.29, 0.717) is 28.9 Å². The summed E-state index contributed by atoms with van der Waals surface area (Å²) in [4.78, 5) is 20.6. The molecule has 0 spiro atoms. The van der Waals surface area contributed by atoms with Gasteiger partial charge in [-0.2, -0.15) is 9.97 Å². The quantitative estimate of drug-likeness (QED) is 0.328. The summed E-state index contributed by atoms with van der Waals surface area (Å²) in [6.07, 6.45) is 1.97. The van der Waals surface area contributed by atoms with Crippen LogP contribution in [0.3, 0.4) is 0 Å². The molecule has 0 saturated carbocycles. The number of anilines is 2. The number of nitrogens with one attached hydrogen (secondary N) is 1. The smallest absolute Gasteiger partial charge is 0.319 e. The summed E-state index contributed by atoms with van der Waals surface area (Å²) >= 11 is 7.81. The second kappa shape index (κ2) is 11.0. The van der Waals surface area contributed by atoms with Crippen LogP contribution in [0.1, 0.15) is 19.8 Å². The van der Waals surface area contributed by atoms with Crippen molar-refractivity contribution in [3.63, 3.8) is 0 Å². The zero-order valence-electron chi connectivity index (χ0n) is 23.5.